The molecule has 2 heteroatoms. The molecule has 1 aromatic carbocycles. The summed E-state index contributed by atoms with van der Waals surface area (Å²) in [4.78, 5) is 25.8. The van der Waals surface area contributed by atoms with Crippen molar-refractivity contribution in [2.75, 3.05) is 0 Å². The lowest BCUT2D eigenvalue weighted by atomic mass is 9.80. The van der Waals surface area contributed by atoms with E-state index in [1.807, 2.05) is 54.6 Å². The van der Waals surface area contributed by atoms with E-state index in [9.17, 15) is 9.59 Å². The Bertz CT molecular complexity index is 723. The Kier molecular flexibility index (Phi) is 12.3. The van der Waals surface area contributed by atoms with Gasteiger partial charge in [0.25, 0.3) is 0 Å². The molecule has 2 rings (SSSR count). The van der Waals surface area contributed by atoms with E-state index >= 15 is 0 Å². The molecular weight excluding hydrogens is 392 g/mol. The molecule has 1 aliphatic rings. The third-order valence-electron chi connectivity index (χ3n) is 6.91. The van der Waals surface area contributed by atoms with Crippen molar-refractivity contribution in [3.05, 3.63) is 60.2 Å². The standard InChI is InChI=1S/C30H44O2/c1-30(2)24-16-11-7-6-10-14-20-27(21-15-17-25-30)29(32)23-22-28(31)26-18-12-8-4-3-5-9-13-19-26/h3-5,8-9,12-13,18-19,27H,6-7,10-11,14-17,20-25H2,1-2H3. The Morgan fingerprint density at radius 2 is 1.16 bits per heavy atom. The van der Waals surface area contributed by atoms with E-state index in [2.05, 4.69) is 13.8 Å². The zero-order chi connectivity index (χ0) is 23.1. The predicted octanol–water partition coefficient (Wildman–Crippen LogP) is 8.68. The number of ketones is 2. The molecule has 0 amide bonds. The lowest BCUT2D eigenvalue weighted by Crippen LogP contribution is -2.17. The summed E-state index contributed by atoms with van der Waals surface area (Å²) >= 11 is 0. The second kappa shape index (κ2) is 15.0. The van der Waals surface area contributed by atoms with Gasteiger partial charge in [-0.3, -0.25) is 9.59 Å². The van der Waals surface area contributed by atoms with Crippen LogP contribution >= 0.6 is 0 Å². The van der Waals surface area contributed by atoms with Crippen molar-refractivity contribution in [1.29, 1.82) is 0 Å². The highest BCUT2D eigenvalue weighted by Gasteiger charge is 2.21. The van der Waals surface area contributed by atoms with Gasteiger partial charge in [-0.1, -0.05) is 120 Å². The van der Waals surface area contributed by atoms with Gasteiger partial charge in [-0.15, -0.1) is 0 Å². The normalized spacial score (nSPS) is 20.4. The molecule has 0 N–H and O–H groups in total. The van der Waals surface area contributed by atoms with Crippen molar-refractivity contribution in [2.45, 2.75) is 104 Å². The van der Waals surface area contributed by atoms with Crippen molar-refractivity contribution < 1.29 is 9.59 Å². The second-order valence-corrected chi connectivity index (χ2v) is 10.3. The smallest absolute Gasteiger partial charge is 0.163 e. The Balaban J connectivity index is 1.93. The van der Waals surface area contributed by atoms with Gasteiger partial charge in [0.1, 0.15) is 5.78 Å². The average Bonchev–Trinajstić information content (AvgIpc) is 2.78. The molecule has 0 spiro atoms. The van der Waals surface area contributed by atoms with Crippen LogP contribution in [0.3, 0.4) is 0 Å². The fraction of sp³-hybridized carbons (Fsp3) is 0.600. The lowest BCUT2D eigenvalue weighted by molar-refractivity contribution is -0.123. The van der Waals surface area contributed by atoms with Crippen LogP contribution in [0.1, 0.15) is 114 Å². The molecule has 0 heterocycles. The minimum absolute atomic E-state index is 0.0554. The zero-order valence-electron chi connectivity index (χ0n) is 20.5. The van der Waals surface area contributed by atoms with Crippen LogP contribution in [0.25, 0.3) is 0 Å². The van der Waals surface area contributed by atoms with Crippen molar-refractivity contribution >= 4 is 11.6 Å². The van der Waals surface area contributed by atoms with Crippen molar-refractivity contribution in [3.63, 3.8) is 0 Å². The van der Waals surface area contributed by atoms with Crippen molar-refractivity contribution in [1.82, 2.24) is 0 Å². The van der Waals surface area contributed by atoms with E-state index in [1.54, 1.807) is 0 Å². The Morgan fingerprint density at radius 3 is 1.78 bits per heavy atom. The molecule has 0 aliphatic heterocycles. The van der Waals surface area contributed by atoms with E-state index in [0.717, 1.165) is 25.7 Å². The summed E-state index contributed by atoms with van der Waals surface area (Å²) in [5, 5.41) is 0. The van der Waals surface area contributed by atoms with Crippen LogP contribution in [0.15, 0.2) is 54.6 Å². The minimum atomic E-state index is 0.0554. The molecule has 1 unspecified atom stereocenters. The Hall–Kier alpha value is -1.96. The summed E-state index contributed by atoms with van der Waals surface area (Å²) in [6.07, 6.45) is 15.3. The number of carbonyl (C=O) groups is 2. The molecular formula is C30H44O2. The van der Waals surface area contributed by atoms with Gasteiger partial charge in [-0.25, -0.2) is 0 Å². The van der Waals surface area contributed by atoms with Gasteiger partial charge in [0.2, 0.25) is 0 Å². The first-order chi connectivity index (χ1) is 15.5. The molecule has 1 saturated carbocycles. The Labute approximate surface area is 196 Å². The van der Waals surface area contributed by atoms with Gasteiger partial charge in [-0.05, 0) is 31.1 Å². The van der Waals surface area contributed by atoms with Crippen LogP contribution in [0.2, 0.25) is 0 Å². The largest absolute Gasteiger partial charge is 0.299 e. The van der Waals surface area contributed by atoms with Gasteiger partial charge in [-0.2, -0.15) is 0 Å². The maximum absolute atomic E-state index is 13.1. The number of rotatable bonds is 5. The molecule has 1 fully saturated rings. The fourth-order valence-electron chi connectivity index (χ4n) is 4.75. The molecule has 2 nitrogen and oxygen atoms in total. The Morgan fingerprint density at radius 1 is 0.688 bits per heavy atom. The number of carbonyl (C=O) groups excluding carboxylic acids is 2. The molecule has 1 atom stereocenters. The molecule has 1 aliphatic carbocycles. The molecule has 1 aromatic rings. The fourth-order valence-corrected chi connectivity index (χ4v) is 4.75. The molecule has 0 saturated heterocycles. The van der Waals surface area contributed by atoms with Crippen molar-refractivity contribution in [2.24, 2.45) is 11.3 Å². The van der Waals surface area contributed by atoms with Crippen LogP contribution in [0.4, 0.5) is 0 Å². The van der Waals surface area contributed by atoms with Crippen LogP contribution in [0, 0.1) is 11.3 Å². The highest BCUT2D eigenvalue weighted by Crippen LogP contribution is 2.32. The first-order valence-corrected chi connectivity index (χ1v) is 12.9. The summed E-state index contributed by atoms with van der Waals surface area (Å²) in [5.41, 5.74) is 1.09. The highest BCUT2D eigenvalue weighted by atomic mass is 16.1. The van der Waals surface area contributed by atoms with E-state index in [0.29, 0.717) is 29.6 Å². The van der Waals surface area contributed by atoms with E-state index in [-0.39, 0.29) is 11.7 Å². The quantitative estimate of drug-likeness (QED) is 0.433. The highest BCUT2D eigenvalue weighted by molar-refractivity contribution is 5.98. The first kappa shape index (κ1) is 26.3. The van der Waals surface area contributed by atoms with Gasteiger partial charge < -0.3 is 0 Å². The van der Waals surface area contributed by atoms with Gasteiger partial charge in [0, 0.05) is 24.3 Å². The third kappa shape index (κ3) is 11.1. The average molecular weight is 437 g/mol. The third-order valence-corrected chi connectivity index (χ3v) is 6.91. The number of hydrogen-bond acceptors (Lipinski definition) is 2. The minimum Gasteiger partial charge on any atom is -0.299 e. The molecule has 176 valence electrons. The van der Waals surface area contributed by atoms with Gasteiger partial charge >= 0.3 is 0 Å². The summed E-state index contributed by atoms with van der Waals surface area (Å²) in [6.45, 7) is 4.80. The van der Waals surface area contributed by atoms with Crippen molar-refractivity contribution in [3.8, 4) is 0 Å². The summed E-state index contributed by atoms with van der Waals surface area (Å²) < 4.78 is 0. The van der Waals surface area contributed by atoms with E-state index in [4.69, 9.17) is 0 Å². The van der Waals surface area contributed by atoms with Gasteiger partial charge in [0.05, 0.1) is 0 Å². The van der Waals surface area contributed by atoms with Crippen LogP contribution in [-0.4, -0.2) is 11.6 Å². The molecule has 0 radical (unpaired) electrons. The van der Waals surface area contributed by atoms with Crippen LogP contribution < -0.4 is 0 Å². The predicted molar refractivity (Wildman–Crippen MR) is 135 cm³/mol. The maximum Gasteiger partial charge on any atom is 0.163 e. The summed E-state index contributed by atoms with van der Waals surface area (Å²) in [7, 11) is 0. The SMILES string of the molecule is CC1(C)CCCCCCCCC(C(=O)CCC(=O)c2ccccccccc2)CCCC1. The zero-order valence-corrected chi connectivity index (χ0v) is 20.5. The lowest BCUT2D eigenvalue weighted by Gasteiger charge is -2.25. The number of Topliss-reactive ketones (excluding diaryl/α,β-unsaturated/α-hetero) is 2. The second-order valence-electron chi connectivity index (χ2n) is 10.3. The summed E-state index contributed by atoms with van der Waals surface area (Å²) in [6, 6.07) is 17.1. The maximum atomic E-state index is 13.1. The molecule has 32 heavy (non-hydrogen) atoms. The van der Waals surface area contributed by atoms with Crippen LogP contribution in [0.5, 0.6) is 0 Å². The molecule has 0 aromatic heterocycles. The van der Waals surface area contributed by atoms with E-state index < -0.39 is 0 Å². The number of hydrogen-bond donors (Lipinski definition) is 0. The first-order valence-electron chi connectivity index (χ1n) is 12.9. The summed E-state index contributed by atoms with van der Waals surface area (Å²) in [5.74, 6) is 0.489. The molecule has 0 bridgehead atoms. The monoisotopic (exact) mass is 436 g/mol. The topological polar surface area (TPSA) is 34.1 Å². The van der Waals surface area contributed by atoms with Gasteiger partial charge in [0.15, 0.2) is 5.78 Å². The van der Waals surface area contributed by atoms with Crippen LogP contribution in [-0.2, 0) is 4.79 Å². The van der Waals surface area contributed by atoms with E-state index in [1.165, 1.54) is 51.4 Å².